The molecule has 0 radical (unpaired) electrons. The standard InChI is InChI=1S/C22H23NO5S2/c1-23-21(24)20(30-22(23)29)13-15-8-9-18(19(12-15)26-3)28-11-5-10-27-17-7-4-6-16(14-17)25-2/h4,6-9,12-14H,5,10-11H2,1-3H3. The van der Waals surface area contributed by atoms with E-state index in [1.807, 2.05) is 42.5 Å². The quantitative estimate of drug-likeness (QED) is 0.322. The minimum atomic E-state index is -0.0969. The molecule has 3 rings (SSSR count). The summed E-state index contributed by atoms with van der Waals surface area (Å²) in [7, 11) is 4.89. The fourth-order valence-corrected chi connectivity index (χ4v) is 3.89. The molecule has 0 spiro atoms. The van der Waals surface area contributed by atoms with Crippen molar-refractivity contribution in [1.29, 1.82) is 0 Å². The monoisotopic (exact) mass is 445 g/mol. The minimum Gasteiger partial charge on any atom is -0.497 e. The number of methoxy groups -OCH3 is 2. The summed E-state index contributed by atoms with van der Waals surface area (Å²) < 4.78 is 22.7. The van der Waals surface area contributed by atoms with E-state index in [0.717, 1.165) is 17.1 Å². The zero-order valence-corrected chi connectivity index (χ0v) is 18.7. The first kappa shape index (κ1) is 22.0. The Balaban J connectivity index is 1.54. The molecule has 158 valence electrons. The zero-order chi connectivity index (χ0) is 21.5. The molecule has 1 fully saturated rings. The van der Waals surface area contributed by atoms with Crippen LogP contribution in [0, 0.1) is 0 Å². The van der Waals surface area contributed by atoms with Crippen LogP contribution in [0.3, 0.4) is 0 Å². The van der Waals surface area contributed by atoms with Gasteiger partial charge in [-0.25, -0.2) is 0 Å². The van der Waals surface area contributed by atoms with Crippen LogP contribution in [0.2, 0.25) is 0 Å². The lowest BCUT2D eigenvalue weighted by Gasteiger charge is -2.12. The fraction of sp³-hybridized carbons (Fsp3) is 0.273. The maximum atomic E-state index is 12.2. The Kier molecular flexibility index (Phi) is 7.59. The smallest absolute Gasteiger partial charge is 0.265 e. The summed E-state index contributed by atoms with van der Waals surface area (Å²) in [5.74, 6) is 2.66. The van der Waals surface area contributed by atoms with E-state index < -0.39 is 0 Å². The van der Waals surface area contributed by atoms with Gasteiger partial charge in [0.15, 0.2) is 11.5 Å². The topological polar surface area (TPSA) is 57.2 Å². The lowest BCUT2D eigenvalue weighted by atomic mass is 10.2. The molecule has 1 amide bonds. The van der Waals surface area contributed by atoms with Gasteiger partial charge in [-0.2, -0.15) is 0 Å². The normalized spacial score (nSPS) is 14.9. The molecule has 2 aromatic rings. The molecule has 0 unspecified atom stereocenters. The number of amides is 1. The molecular formula is C22H23NO5S2. The molecule has 0 aromatic heterocycles. The molecule has 0 atom stereocenters. The molecule has 1 aliphatic rings. The molecular weight excluding hydrogens is 422 g/mol. The number of nitrogens with zero attached hydrogens (tertiary/aromatic N) is 1. The third-order valence-corrected chi connectivity index (χ3v) is 5.81. The molecule has 30 heavy (non-hydrogen) atoms. The van der Waals surface area contributed by atoms with Crippen LogP contribution in [-0.2, 0) is 4.79 Å². The van der Waals surface area contributed by atoms with Crippen molar-refractivity contribution in [2.45, 2.75) is 6.42 Å². The van der Waals surface area contributed by atoms with Gasteiger partial charge in [-0.05, 0) is 35.9 Å². The second kappa shape index (κ2) is 10.4. The Morgan fingerprint density at radius 2 is 1.77 bits per heavy atom. The Morgan fingerprint density at radius 3 is 2.47 bits per heavy atom. The molecule has 2 aromatic carbocycles. The van der Waals surface area contributed by atoms with E-state index in [9.17, 15) is 4.79 Å². The van der Waals surface area contributed by atoms with Gasteiger partial charge in [0.2, 0.25) is 0 Å². The Morgan fingerprint density at radius 1 is 1.00 bits per heavy atom. The van der Waals surface area contributed by atoms with Gasteiger partial charge < -0.3 is 18.9 Å². The highest BCUT2D eigenvalue weighted by Crippen LogP contribution is 2.34. The summed E-state index contributed by atoms with van der Waals surface area (Å²) in [5.41, 5.74) is 0.842. The highest BCUT2D eigenvalue weighted by atomic mass is 32.2. The van der Waals surface area contributed by atoms with Crippen LogP contribution in [0.5, 0.6) is 23.0 Å². The lowest BCUT2D eigenvalue weighted by molar-refractivity contribution is -0.121. The summed E-state index contributed by atoms with van der Waals surface area (Å²) in [4.78, 5) is 14.2. The summed E-state index contributed by atoms with van der Waals surface area (Å²) in [6.07, 6.45) is 2.51. The van der Waals surface area contributed by atoms with Gasteiger partial charge in [0.1, 0.15) is 15.8 Å². The number of carbonyl (C=O) groups excluding carboxylic acids is 1. The van der Waals surface area contributed by atoms with Crippen LogP contribution in [0.4, 0.5) is 0 Å². The molecule has 8 heteroatoms. The maximum absolute atomic E-state index is 12.2. The second-order valence-electron chi connectivity index (χ2n) is 6.38. The molecule has 0 N–H and O–H groups in total. The van der Waals surface area contributed by atoms with E-state index in [0.29, 0.717) is 40.4 Å². The van der Waals surface area contributed by atoms with Crippen molar-refractivity contribution >= 4 is 40.3 Å². The van der Waals surface area contributed by atoms with Gasteiger partial charge >= 0.3 is 0 Å². The lowest BCUT2D eigenvalue weighted by Crippen LogP contribution is -2.22. The summed E-state index contributed by atoms with van der Waals surface area (Å²) in [6, 6.07) is 13.0. The fourth-order valence-electron chi connectivity index (χ4n) is 2.71. The number of carbonyl (C=O) groups is 1. The predicted octanol–water partition coefficient (Wildman–Crippen LogP) is 4.38. The molecule has 1 saturated heterocycles. The van der Waals surface area contributed by atoms with Crippen molar-refractivity contribution < 1.29 is 23.7 Å². The molecule has 1 heterocycles. The third kappa shape index (κ3) is 5.46. The molecule has 6 nitrogen and oxygen atoms in total. The van der Waals surface area contributed by atoms with E-state index in [1.165, 1.54) is 16.7 Å². The van der Waals surface area contributed by atoms with Crippen LogP contribution in [0.25, 0.3) is 6.08 Å². The Hall–Kier alpha value is -2.71. The van der Waals surface area contributed by atoms with E-state index in [2.05, 4.69) is 0 Å². The first-order chi connectivity index (χ1) is 14.5. The number of ether oxygens (including phenoxy) is 4. The predicted molar refractivity (Wildman–Crippen MR) is 123 cm³/mol. The summed E-state index contributed by atoms with van der Waals surface area (Å²) in [5, 5.41) is 0. The van der Waals surface area contributed by atoms with Crippen LogP contribution in [-0.4, -0.2) is 49.6 Å². The SMILES string of the molecule is COc1cccc(OCCCOc2ccc(C=C3SC(=S)N(C)C3=O)cc2OC)c1. The first-order valence-corrected chi connectivity index (χ1v) is 10.5. The molecule has 0 saturated carbocycles. The Bertz CT molecular complexity index is 960. The summed E-state index contributed by atoms with van der Waals surface area (Å²) in [6.45, 7) is 1.00. The molecule has 1 aliphatic heterocycles. The average molecular weight is 446 g/mol. The van der Waals surface area contributed by atoms with Gasteiger partial charge in [-0.3, -0.25) is 9.69 Å². The van der Waals surface area contributed by atoms with Crippen molar-refractivity contribution in [2.75, 3.05) is 34.5 Å². The zero-order valence-electron chi connectivity index (χ0n) is 17.0. The van der Waals surface area contributed by atoms with Crippen LogP contribution in [0.1, 0.15) is 12.0 Å². The Labute approximate surface area is 185 Å². The van der Waals surface area contributed by atoms with Crippen molar-refractivity contribution in [3.8, 4) is 23.0 Å². The number of hydrogen-bond donors (Lipinski definition) is 0. The van der Waals surface area contributed by atoms with E-state index >= 15 is 0 Å². The third-order valence-electron chi connectivity index (χ3n) is 4.33. The summed E-state index contributed by atoms with van der Waals surface area (Å²) >= 11 is 6.45. The number of thioether (sulfide) groups is 1. The van der Waals surface area contributed by atoms with Crippen LogP contribution < -0.4 is 18.9 Å². The average Bonchev–Trinajstić information content (AvgIpc) is 3.00. The largest absolute Gasteiger partial charge is 0.497 e. The van der Waals surface area contributed by atoms with E-state index in [1.54, 1.807) is 27.3 Å². The van der Waals surface area contributed by atoms with Crippen LogP contribution >= 0.6 is 24.0 Å². The first-order valence-electron chi connectivity index (χ1n) is 9.31. The van der Waals surface area contributed by atoms with Gasteiger partial charge in [-0.15, -0.1) is 0 Å². The highest BCUT2D eigenvalue weighted by Gasteiger charge is 2.28. The van der Waals surface area contributed by atoms with Crippen LogP contribution in [0.15, 0.2) is 47.4 Å². The molecule has 0 bridgehead atoms. The van der Waals surface area contributed by atoms with Crippen molar-refractivity contribution in [1.82, 2.24) is 4.90 Å². The van der Waals surface area contributed by atoms with Crippen molar-refractivity contribution in [3.63, 3.8) is 0 Å². The van der Waals surface area contributed by atoms with Gasteiger partial charge in [0.05, 0.1) is 32.3 Å². The van der Waals surface area contributed by atoms with Gasteiger partial charge in [-0.1, -0.05) is 36.1 Å². The number of rotatable bonds is 9. The second-order valence-corrected chi connectivity index (χ2v) is 8.06. The van der Waals surface area contributed by atoms with Crippen molar-refractivity contribution in [2.24, 2.45) is 0 Å². The number of hydrogen-bond acceptors (Lipinski definition) is 7. The number of likely N-dealkylation sites (N-methyl/N-ethyl adjacent to an activating group) is 1. The van der Waals surface area contributed by atoms with Crippen molar-refractivity contribution in [3.05, 3.63) is 52.9 Å². The van der Waals surface area contributed by atoms with Gasteiger partial charge in [0.25, 0.3) is 5.91 Å². The minimum absolute atomic E-state index is 0.0969. The highest BCUT2D eigenvalue weighted by molar-refractivity contribution is 8.26. The van der Waals surface area contributed by atoms with Gasteiger partial charge in [0, 0.05) is 19.5 Å². The molecule has 0 aliphatic carbocycles. The number of benzene rings is 2. The number of thiocarbonyl (C=S) groups is 1. The van der Waals surface area contributed by atoms with E-state index in [-0.39, 0.29) is 5.91 Å². The maximum Gasteiger partial charge on any atom is 0.265 e. The van der Waals surface area contributed by atoms with E-state index in [4.69, 9.17) is 31.2 Å².